The molecule has 1 saturated carbocycles. The average molecular weight is 504 g/mol. The molecule has 1 aromatic carbocycles. The summed E-state index contributed by atoms with van der Waals surface area (Å²) < 4.78 is 18.6. The lowest BCUT2D eigenvalue weighted by Gasteiger charge is -2.38. The molecule has 3 aliphatic rings. The molecule has 37 heavy (non-hydrogen) atoms. The lowest BCUT2D eigenvalue weighted by molar-refractivity contribution is 0.0943. The summed E-state index contributed by atoms with van der Waals surface area (Å²) >= 11 is 0. The first-order chi connectivity index (χ1) is 18.2. The molecule has 0 unspecified atom stereocenters. The zero-order valence-electron chi connectivity index (χ0n) is 20.5. The number of hydrogen-bond acceptors (Lipinski definition) is 9. The number of H-pyrrole nitrogens is 1. The lowest BCUT2D eigenvalue weighted by atomic mass is 10.0. The highest BCUT2D eigenvalue weighted by atomic mass is 16.7. The van der Waals surface area contributed by atoms with Gasteiger partial charge in [-0.1, -0.05) is 12.8 Å². The first kappa shape index (κ1) is 22.5. The van der Waals surface area contributed by atoms with Gasteiger partial charge in [0, 0.05) is 43.2 Å². The zero-order chi connectivity index (χ0) is 24.8. The van der Waals surface area contributed by atoms with Crippen molar-refractivity contribution >= 4 is 10.9 Å². The van der Waals surface area contributed by atoms with E-state index in [1.807, 2.05) is 35.0 Å². The molecule has 192 valence electrons. The van der Waals surface area contributed by atoms with E-state index < -0.39 is 0 Å². The van der Waals surface area contributed by atoms with Crippen LogP contribution in [0.5, 0.6) is 11.5 Å². The standard InChI is InChI=1S/C26H29N7O4/c34-26-20(12-17-13-22-23(37-16-36-22)14-21(17)27-26)24(25-28-29-30-33(25)18-4-1-2-5-18)32-9-7-31(8-10-32)15-19-6-3-11-35-19/h3,6,11-14,18,24H,1-2,4-5,7-10,15-16H2,(H,27,34)/t24-/m1/s1. The molecule has 3 aromatic heterocycles. The fraction of sp³-hybridized carbons (Fsp3) is 0.462. The van der Waals surface area contributed by atoms with E-state index in [-0.39, 0.29) is 24.4 Å². The van der Waals surface area contributed by atoms with Crippen LogP contribution in [0.4, 0.5) is 0 Å². The van der Waals surface area contributed by atoms with Crippen molar-refractivity contribution < 1.29 is 13.9 Å². The molecule has 7 rings (SSSR count). The van der Waals surface area contributed by atoms with Gasteiger partial charge in [-0.3, -0.25) is 14.6 Å². The Labute approximate surface area is 212 Å². The van der Waals surface area contributed by atoms with Crippen LogP contribution in [0.2, 0.25) is 0 Å². The first-order valence-electron chi connectivity index (χ1n) is 13.0. The number of fused-ring (bicyclic) bond motifs is 2. The SMILES string of the molecule is O=c1[nH]c2cc3c(cc2cc1[C@H](c1nnnn1C1CCCC1)N1CCN(Cc2ccco2)CC1)OCO3. The summed E-state index contributed by atoms with van der Waals surface area (Å²) in [6.07, 6.45) is 6.16. The van der Waals surface area contributed by atoms with Gasteiger partial charge in [-0.05, 0) is 47.5 Å². The number of ether oxygens (including phenoxy) is 2. The Morgan fingerprint density at radius 1 is 1.05 bits per heavy atom. The van der Waals surface area contributed by atoms with Gasteiger partial charge in [-0.25, -0.2) is 4.68 Å². The van der Waals surface area contributed by atoms with E-state index in [1.165, 1.54) is 12.8 Å². The number of tetrazole rings is 1. The van der Waals surface area contributed by atoms with Gasteiger partial charge < -0.3 is 18.9 Å². The quantitative estimate of drug-likeness (QED) is 0.424. The molecule has 1 atom stereocenters. The first-order valence-corrected chi connectivity index (χ1v) is 13.0. The van der Waals surface area contributed by atoms with E-state index in [4.69, 9.17) is 13.9 Å². The smallest absolute Gasteiger partial charge is 0.253 e. The summed E-state index contributed by atoms with van der Waals surface area (Å²) in [5, 5.41) is 13.9. The molecule has 11 heteroatoms. The van der Waals surface area contributed by atoms with Crippen molar-refractivity contribution in [2.45, 2.75) is 44.3 Å². The van der Waals surface area contributed by atoms with Crippen LogP contribution in [-0.2, 0) is 6.54 Å². The van der Waals surface area contributed by atoms with Crippen molar-refractivity contribution in [1.29, 1.82) is 0 Å². The van der Waals surface area contributed by atoms with E-state index in [1.54, 1.807) is 6.26 Å². The predicted octanol–water partition coefficient (Wildman–Crippen LogP) is 2.86. The molecule has 4 aromatic rings. The predicted molar refractivity (Wildman–Crippen MR) is 133 cm³/mol. The molecule has 5 heterocycles. The van der Waals surface area contributed by atoms with Gasteiger partial charge in [0.05, 0.1) is 24.4 Å². The van der Waals surface area contributed by atoms with Crippen molar-refractivity contribution in [3.8, 4) is 11.5 Å². The minimum atomic E-state index is -0.361. The fourth-order valence-electron chi connectivity index (χ4n) is 5.91. The second-order valence-corrected chi connectivity index (χ2v) is 10.1. The normalized spacial score (nSPS) is 19.7. The van der Waals surface area contributed by atoms with Crippen LogP contribution in [0.25, 0.3) is 10.9 Å². The van der Waals surface area contributed by atoms with Gasteiger partial charge in [-0.2, -0.15) is 0 Å². The molecule has 0 amide bonds. The average Bonchev–Trinajstić information content (AvgIpc) is 3.72. The molecular formula is C26H29N7O4. The summed E-state index contributed by atoms with van der Waals surface area (Å²) in [5.74, 6) is 3.02. The monoisotopic (exact) mass is 503 g/mol. The number of nitrogens with zero attached hydrogens (tertiary/aromatic N) is 6. The van der Waals surface area contributed by atoms with Gasteiger partial charge in [0.25, 0.3) is 5.56 Å². The number of pyridine rings is 1. The Morgan fingerprint density at radius 2 is 1.86 bits per heavy atom. The maximum Gasteiger partial charge on any atom is 0.253 e. The molecule has 2 aliphatic heterocycles. The number of furan rings is 1. The Morgan fingerprint density at radius 3 is 2.65 bits per heavy atom. The summed E-state index contributed by atoms with van der Waals surface area (Å²) in [6.45, 7) is 4.22. The Balaban J connectivity index is 1.26. The highest BCUT2D eigenvalue weighted by molar-refractivity contribution is 5.83. The Bertz CT molecular complexity index is 1450. The topological polar surface area (TPSA) is 115 Å². The molecule has 0 radical (unpaired) electrons. The summed E-state index contributed by atoms with van der Waals surface area (Å²) in [4.78, 5) is 21.3. The van der Waals surface area contributed by atoms with Crippen molar-refractivity contribution in [2.75, 3.05) is 33.0 Å². The Hall–Kier alpha value is -3.70. The molecule has 2 fully saturated rings. The number of rotatable bonds is 6. The molecule has 1 saturated heterocycles. The van der Waals surface area contributed by atoms with Crippen molar-refractivity contribution in [1.82, 2.24) is 35.0 Å². The van der Waals surface area contributed by atoms with Crippen LogP contribution in [0.1, 0.15) is 54.9 Å². The van der Waals surface area contributed by atoms with Crippen LogP contribution < -0.4 is 15.0 Å². The third-order valence-corrected chi connectivity index (χ3v) is 7.83. The molecule has 0 bridgehead atoms. The van der Waals surface area contributed by atoms with Crippen LogP contribution >= 0.6 is 0 Å². The van der Waals surface area contributed by atoms with Crippen LogP contribution in [0.3, 0.4) is 0 Å². The maximum atomic E-state index is 13.6. The molecule has 11 nitrogen and oxygen atoms in total. The van der Waals surface area contributed by atoms with Gasteiger partial charge >= 0.3 is 0 Å². The van der Waals surface area contributed by atoms with E-state index in [0.29, 0.717) is 17.1 Å². The maximum absolute atomic E-state index is 13.6. The second-order valence-electron chi connectivity index (χ2n) is 10.1. The highest BCUT2D eigenvalue weighted by Crippen LogP contribution is 2.37. The van der Waals surface area contributed by atoms with Crippen LogP contribution in [-0.4, -0.2) is 68.0 Å². The van der Waals surface area contributed by atoms with Gasteiger partial charge in [-0.15, -0.1) is 5.10 Å². The Kier molecular flexibility index (Phi) is 5.66. The van der Waals surface area contributed by atoms with Crippen molar-refractivity contribution in [2.24, 2.45) is 0 Å². The summed E-state index contributed by atoms with van der Waals surface area (Å²) in [5.41, 5.74) is 1.21. The lowest BCUT2D eigenvalue weighted by Crippen LogP contribution is -2.48. The summed E-state index contributed by atoms with van der Waals surface area (Å²) in [7, 11) is 0. The second kappa shape index (κ2) is 9.31. The number of nitrogens with one attached hydrogen (secondary N) is 1. The molecule has 1 aliphatic carbocycles. The van der Waals surface area contributed by atoms with Crippen molar-refractivity contribution in [3.05, 3.63) is 64.1 Å². The highest BCUT2D eigenvalue weighted by Gasteiger charge is 2.35. The van der Waals surface area contributed by atoms with Crippen LogP contribution in [0, 0.1) is 0 Å². The van der Waals surface area contributed by atoms with Crippen molar-refractivity contribution in [3.63, 3.8) is 0 Å². The largest absolute Gasteiger partial charge is 0.468 e. The number of aromatic nitrogens is 5. The fourth-order valence-corrected chi connectivity index (χ4v) is 5.91. The van der Waals surface area contributed by atoms with E-state index in [0.717, 1.165) is 68.1 Å². The van der Waals surface area contributed by atoms with Gasteiger partial charge in [0.15, 0.2) is 17.3 Å². The van der Waals surface area contributed by atoms with Crippen LogP contribution in [0.15, 0.2) is 45.8 Å². The number of aromatic amines is 1. The van der Waals surface area contributed by atoms with E-state index in [9.17, 15) is 4.79 Å². The zero-order valence-corrected chi connectivity index (χ0v) is 20.5. The third-order valence-electron chi connectivity index (χ3n) is 7.83. The minimum absolute atomic E-state index is 0.143. The van der Waals surface area contributed by atoms with Gasteiger partial charge in [0.1, 0.15) is 11.8 Å². The molecular weight excluding hydrogens is 474 g/mol. The minimum Gasteiger partial charge on any atom is -0.468 e. The van der Waals surface area contributed by atoms with E-state index >= 15 is 0 Å². The third kappa shape index (κ3) is 4.17. The summed E-state index contributed by atoms with van der Waals surface area (Å²) in [6, 6.07) is 9.54. The van der Waals surface area contributed by atoms with Gasteiger partial charge in [0.2, 0.25) is 6.79 Å². The molecule has 0 spiro atoms. The number of hydrogen-bond donors (Lipinski definition) is 1. The number of piperazine rings is 1. The van der Waals surface area contributed by atoms with E-state index in [2.05, 4.69) is 30.3 Å². The molecule has 1 N–H and O–H groups in total. The number of benzene rings is 1.